The van der Waals surface area contributed by atoms with Crippen LogP contribution in [0.3, 0.4) is 0 Å². The van der Waals surface area contributed by atoms with E-state index in [2.05, 4.69) is 36.8 Å². The number of anilines is 1. The molecule has 1 N–H and O–H groups in total. The van der Waals surface area contributed by atoms with Crippen LogP contribution in [0.4, 0.5) is 5.69 Å². The van der Waals surface area contributed by atoms with Crippen molar-refractivity contribution in [2.45, 2.75) is 6.92 Å². The van der Waals surface area contributed by atoms with Gasteiger partial charge < -0.3 is 14.7 Å². The third kappa shape index (κ3) is 2.70. The van der Waals surface area contributed by atoms with E-state index in [0.29, 0.717) is 39.2 Å². The van der Waals surface area contributed by atoms with Gasteiger partial charge in [0.15, 0.2) is 0 Å². The molecule has 0 fully saturated rings. The highest BCUT2D eigenvalue weighted by Gasteiger charge is 2.26. The minimum Gasteiger partial charge on any atom is -0.506 e. The molecule has 0 radical (unpaired) electrons. The third-order valence-corrected chi connectivity index (χ3v) is 4.53. The van der Waals surface area contributed by atoms with E-state index < -0.39 is 0 Å². The monoisotopic (exact) mass is 426 g/mol. The van der Waals surface area contributed by atoms with E-state index in [0.717, 1.165) is 5.56 Å². The molecule has 0 saturated carbocycles. The van der Waals surface area contributed by atoms with E-state index in [-0.39, 0.29) is 11.7 Å². The van der Waals surface area contributed by atoms with E-state index in [1.54, 1.807) is 23.2 Å². The lowest BCUT2D eigenvalue weighted by Crippen LogP contribution is -2.38. The fraction of sp³-hybridized carbons (Fsp3) is 0.200. The highest BCUT2D eigenvalue weighted by atomic mass is 79.9. The number of nitrogens with zero attached hydrogens (tertiary/aromatic N) is 2. The zero-order valence-electron chi connectivity index (χ0n) is 11.6. The minimum absolute atomic E-state index is 0.0661. The Morgan fingerprint density at radius 1 is 1.32 bits per heavy atom. The van der Waals surface area contributed by atoms with Gasteiger partial charge in [-0.3, -0.25) is 4.79 Å². The van der Waals surface area contributed by atoms with Crippen LogP contribution in [0.15, 0.2) is 33.3 Å². The van der Waals surface area contributed by atoms with Crippen molar-refractivity contribution >= 4 is 43.5 Å². The van der Waals surface area contributed by atoms with E-state index in [1.807, 2.05) is 13.0 Å². The number of carbonyl (C=O) groups excluding carboxylic acids is 1. The molecule has 1 amide bonds. The van der Waals surface area contributed by atoms with Crippen molar-refractivity contribution in [1.29, 1.82) is 0 Å². The van der Waals surface area contributed by atoms with Crippen LogP contribution < -0.4 is 9.64 Å². The predicted octanol–water partition coefficient (Wildman–Crippen LogP) is 3.66. The molecule has 7 heteroatoms. The maximum atomic E-state index is 12.8. The summed E-state index contributed by atoms with van der Waals surface area (Å²) in [5, 5.41) is 9.77. The predicted molar refractivity (Wildman–Crippen MR) is 89.7 cm³/mol. The molecule has 5 nitrogen and oxygen atoms in total. The molecule has 22 heavy (non-hydrogen) atoms. The average molecular weight is 428 g/mol. The molecule has 0 unspecified atom stereocenters. The second-order valence-electron chi connectivity index (χ2n) is 4.93. The van der Waals surface area contributed by atoms with Gasteiger partial charge in [0.25, 0.3) is 5.91 Å². The second-order valence-corrected chi connectivity index (χ2v) is 6.64. The van der Waals surface area contributed by atoms with E-state index in [4.69, 9.17) is 4.74 Å². The summed E-state index contributed by atoms with van der Waals surface area (Å²) >= 11 is 6.49. The van der Waals surface area contributed by atoms with Crippen LogP contribution in [-0.4, -0.2) is 29.1 Å². The van der Waals surface area contributed by atoms with E-state index in [9.17, 15) is 9.90 Å². The first-order valence-corrected chi connectivity index (χ1v) is 8.15. The Morgan fingerprint density at radius 2 is 2.00 bits per heavy atom. The van der Waals surface area contributed by atoms with Crippen LogP contribution in [0.25, 0.3) is 0 Å². The summed E-state index contributed by atoms with van der Waals surface area (Å²) < 4.78 is 6.42. The first kappa shape index (κ1) is 15.3. The standard InChI is InChI=1S/C15H12Br2N2O3/c1-8-4-12-14(18-7-8)22-3-2-19(12)15(21)9-5-10(16)13(20)11(17)6-9/h4-7,20H,2-3H2,1H3. The quantitative estimate of drug-likeness (QED) is 0.754. The summed E-state index contributed by atoms with van der Waals surface area (Å²) in [6.07, 6.45) is 1.71. The van der Waals surface area contributed by atoms with Crippen LogP contribution in [-0.2, 0) is 0 Å². The first-order chi connectivity index (χ1) is 10.5. The number of hydrogen-bond acceptors (Lipinski definition) is 4. The Morgan fingerprint density at radius 3 is 2.68 bits per heavy atom. The van der Waals surface area contributed by atoms with Gasteiger partial charge in [0.1, 0.15) is 18.0 Å². The number of aryl methyl sites for hydroxylation is 1. The number of halogens is 2. The Kier molecular flexibility index (Phi) is 4.10. The van der Waals surface area contributed by atoms with Gasteiger partial charge in [-0.05, 0) is 62.5 Å². The summed E-state index contributed by atoms with van der Waals surface area (Å²) in [5.74, 6) is 0.358. The molecular formula is C15H12Br2N2O3. The Bertz CT molecular complexity index is 741. The number of aromatic hydroxyl groups is 1. The van der Waals surface area contributed by atoms with Crippen LogP contribution in [0.2, 0.25) is 0 Å². The number of carbonyl (C=O) groups is 1. The maximum absolute atomic E-state index is 12.8. The fourth-order valence-electron chi connectivity index (χ4n) is 2.26. The van der Waals surface area contributed by atoms with Crippen molar-refractivity contribution in [2.24, 2.45) is 0 Å². The van der Waals surface area contributed by atoms with Crippen molar-refractivity contribution in [1.82, 2.24) is 4.98 Å². The summed E-state index contributed by atoms with van der Waals surface area (Å²) in [6.45, 7) is 2.76. The lowest BCUT2D eigenvalue weighted by molar-refractivity contribution is 0.0975. The number of aromatic nitrogens is 1. The van der Waals surface area contributed by atoms with Crippen LogP contribution >= 0.6 is 31.9 Å². The number of benzene rings is 1. The van der Waals surface area contributed by atoms with Gasteiger partial charge in [-0.1, -0.05) is 0 Å². The minimum atomic E-state index is -0.168. The second kappa shape index (κ2) is 5.89. The molecule has 0 aliphatic carbocycles. The lowest BCUT2D eigenvalue weighted by atomic mass is 10.1. The van der Waals surface area contributed by atoms with Gasteiger partial charge in [0.2, 0.25) is 5.88 Å². The van der Waals surface area contributed by atoms with Gasteiger partial charge in [-0.25, -0.2) is 4.98 Å². The highest BCUT2D eigenvalue weighted by molar-refractivity contribution is 9.11. The van der Waals surface area contributed by atoms with E-state index >= 15 is 0 Å². The smallest absolute Gasteiger partial charge is 0.258 e. The van der Waals surface area contributed by atoms with E-state index in [1.165, 1.54) is 0 Å². The number of fused-ring (bicyclic) bond motifs is 1. The summed E-state index contributed by atoms with van der Waals surface area (Å²) in [4.78, 5) is 18.7. The van der Waals surface area contributed by atoms with Crippen molar-refractivity contribution in [3.63, 3.8) is 0 Å². The van der Waals surface area contributed by atoms with Crippen molar-refractivity contribution < 1.29 is 14.6 Å². The molecule has 1 aromatic heterocycles. The summed E-state index contributed by atoms with van der Waals surface area (Å²) in [6, 6.07) is 5.07. The average Bonchev–Trinajstić information content (AvgIpc) is 2.50. The number of ether oxygens (including phenoxy) is 1. The maximum Gasteiger partial charge on any atom is 0.258 e. The van der Waals surface area contributed by atoms with Crippen LogP contribution in [0.1, 0.15) is 15.9 Å². The molecule has 1 aliphatic heterocycles. The Hall–Kier alpha value is -1.60. The SMILES string of the molecule is Cc1cnc2c(c1)N(C(=O)c1cc(Br)c(O)c(Br)c1)CCO2. The summed E-state index contributed by atoms with van der Waals surface area (Å²) in [7, 11) is 0. The highest BCUT2D eigenvalue weighted by Crippen LogP contribution is 2.35. The molecule has 0 atom stereocenters. The van der Waals surface area contributed by atoms with Crippen LogP contribution in [0, 0.1) is 6.92 Å². The molecular weight excluding hydrogens is 416 g/mol. The fourth-order valence-corrected chi connectivity index (χ4v) is 3.44. The molecule has 0 spiro atoms. The van der Waals surface area contributed by atoms with Crippen molar-refractivity contribution in [2.75, 3.05) is 18.1 Å². The van der Waals surface area contributed by atoms with Crippen molar-refractivity contribution in [3.8, 4) is 11.6 Å². The largest absolute Gasteiger partial charge is 0.506 e. The number of pyridine rings is 1. The zero-order valence-corrected chi connectivity index (χ0v) is 14.8. The number of rotatable bonds is 1. The molecule has 2 aromatic rings. The number of hydrogen-bond donors (Lipinski definition) is 1. The molecule has 1 aliphatic rings. The molecule has 1 aromatic carbocycles. The number of amides is 1. The lowest BCUT2D eigenvalue weighted by Gasteiger charge is -2.29. The zero-order chi connectivity index (χ0) is 15.9. The molecule has 0 bridgehead atoms. The number of phenolic OH excluding ortho intramolecular Hbond substituents is 1. The van der Waals surface area contributed by atoms with Gasteiger partial charge in [-0.15, -0.1) is 0 Å². The molecule has 0 saturated heterocycles. The molecule has 3 rings (SSSR count). The topological polar surface area (TPSA) is 62.7 Å². The molecule has 2 heterocycles. The Labute approximate surface area is 144 Å². The Balaban J connectivity index is 2.02. The first-order valence-electron chi connectivity index (χ1n) is 6.56. The molecule has 114 valence electrons. The van der Waals surface area contributed by atoms with Gasteiger partial charge >= 0.3 is 0 Å². The third-order valence-electron chi connectivity index (χ3n) is 3.32. The number of phenols is 1. The van der Waals surface area contributed by atoms with Crippen molar-refractivity contribution in [3.05, 3.63) is 44.5 Å². The van der Waals surface area contributed by atoms with Gasteiger partial charge in [0.05, 0.1) is 15.5 Å². The van der Waals surface area contributed by atoms with Gasteiger partial charge in [-0.2, -0.15) is 0 Å². The van der Waals surface area contributed by atoms with Gasteiger partial charge in [0, 0.05) is 11.8 Å². The normalized spacial score (nSPS) is 13.5. The van der Waals surface area contributed by atoms with Crippen LogP contribution in [0.5, 0.6) is 11.6 Å². The summed E-state index contributed by atoms with van der Waals surface area (Å²) in [5.41, 5.74) is 2.08.